The Hall–Kier alpha value is -2.62. The molecule has 3 nitrogen and oxygen atoms in total. The molecule has 1 atom stereocenters. The molecule has 4 heteroatoms. The SMILES string of the molecule is Cc1ccc(C(=O)C[C@H](c2ccc(Cl)cc2)C(C#N)C#N)cc1. The monoisotopic (exact) mass is 322 g/mol. The van der Waals surface area contributed by atoms with Crippen LogP contribution in [0.2, 0.25) is 5.02 Å². The summed E-state index contributed by atoms with van der Waals surface area (Å²) in [7, 11) is 0. The van der Waals surface area contributed by atoms with Gasteiger partial charge in [0.05, 0.1) is 12.1 Å². The lowest BCUT2D eigenvalue weighted by atomic mass is 9.83. The van der Waals surface area contributed by atoms with E-state index in [0.29, 0.717) is 10.6 Å². The Labute approximate surface area is 140 Å². The van der Waals surface area contributed by atoms with Crippen molar-refractivity contribution in [1.29, 1.82) is 10.5 Å². The molecule has 0 heterocycles. The number of carbonyl (C=O) groups excluding carboxylic acids is 1. The fraction of sp³-hybridized carbons (Fsp3) is 0.211. The molecule has 23 heavy (non-hydrogen) atoms. The van der Waals surface area contributed by atoms with Crippen LogP contribution in [-0.2, 0) is 0 Å². The predicted molar refractivity (Wildman–Crippen MR) is 89.0 cm³/mol. The van der Waals surface area contributed by atoms with Gasteiger partial charge in [-0.3, -0.25) is 4.79 Å². The first kappa shape index (κ1) is 16.7. The predicted octanol–water partition coefficient (Wildman–Crippen LogP) is 4.67. The number of rotatable bonds is 5. The normalized spacial score (nSPS) is 11.5. The zero-order valence-electron chi connectivity index (χ0n) is 12.7. The van der Waals surface area contributed by atoms with Crippen LogP contribution in [0.15, 0.2) is 48.5 Å². The zero-order valence-corrected chi connectivity index (χ0v) is 13.4. The van der Waals surface area contributed by atoms with Crippen LogP contribution in [0, 0.1) is 35.5 Å². The second-order valence-electron chi connectivity index (χ2n) is 5.39. The molecule has 2 aromatic carbocycles. The lowest BCUT2D eigenvalue weighted by Gasteiger charge is -2.17. The second-order valence-corrected chi connectivity index (χ2v) is 5.82. The van der Waals surface area contributed by atoms with Crippen molar-refractivity contribution in [3.8, 4) is 12.1 Å². The van der Waals surface area contributed by atoms with Gasteiger partial charge in [0, 0.05) is 22.9 Å². The topological polar surface area (TPSA) is 64.7 Å². The van der Waals surface area contributed by atoms with Crippen LogP contribution in [-0.4, -0.2) is 5.78 Å². The Morgan fingerprint density at radius 2 is 1.61 bits per heavy atom. The van der Waals surface area contributed by atoms with Crippen molar-refractivity contribution in [2.75, 3.05) is 0 Å². The number of nitrogens with zero attached hydrogens (tertiary/aromatic N) is 2. The molecule has 114 valence electrons. The first-order chi connectivity index (χ1) is 11.0. The smallest absolute Gasteiger partial charge is 0.163 e. The van der Waals surface area contributed by atoms with Gasteiger partial charge in [0.2, 0.25) is 0 Å². The summed E-state index contributed by atoms with van der Waals surface area (Å²) < 4.78 is 0. The third-order valence-electron chi connectivity index (χ3n) is 3.76. The molecule has 0 aliphatic rings. The molecule has 0 aromatic heterocycles. The minimum atomic E-state index is -0.884. The van der Waals surface area contributed by atoms with Gasteiger partial charge < -0.3 is 0 Å². The molecule has 2 rings (SSSR count). The number of benzene rings is 2. The Morgan fingerprint density at radius 3 is 2.13 bits per heavy atom. The molecule has 2 aromatic rings. The fourth-order valence-electron chi connectivity index (χ4n) is 2.40. The summed E-state index contributed by atoms with van der Waals surface area (Å²) in [6.07, 6.45) is 0.108. The number of carbonyl (C=O) groups is 1. The fourth-order valence-corrected chi connectivity index (χ4v) is 2.53. The highest BCUT2D eigenvalue weighted by atomic mass is 35.5. The third-order valence-corrected chi connectivity index (χ3v) is 4.01. The first-order valence-corrected chi connectivity index (χ1v) is 7.57. The molecule has 0 fully saturated rings. The number of halogens is 1. The van der Waals surface area contributed by atoms with Crippen molar-refractivity contribution >= 4 is 17.4 Å². The average Bonchev–Trinajstić information content (AvgIpc) is 2.56. The highest BCUT2D eigenvalue weighted by Crippen LogP contribution is 2.30. The number of hydrogen-bond acceptors (Lipinski definition) is 3. The molecule has 0 saturated carbocycles. The molecule has 0 radical (unpaired) electrons. The highest BCUT2D eigenvalue weighted by molar-refractivity contribution is 6.30. The quantitative estimate of drug-likeness (QED) is 0.751. The van der Waals surface area contributed by atoms with Crippen molar-refractivity contribution < 1.29 is 4.79 Å². The van der Waals surface area contributed by atoms with Gasteiger partial charge in [-0.1, -0.05) is 53.6 Å². The standard InChI is InChI=1S/C19H15ClN2O/c1-13-2-4-15(5-3-13)19(23)10-18(16(11-21)12-22)14-6-8-17(20)9-7-14/h2-9,16,18H,10H2,1H3/t18-/m1/s1. The molecule has 0 spiro atoms. The van der Waals surface area contributed by atoms with E-state index in [1.54, 1.807) is 36.4 Å². The van der Waals surface area contributed by atoms with E-state index < -0.39 is 11.8 Å². The van der Waals surface area contributed by atoms with Crippen molar-refractivity contribution in [2.24, 2.45) is 5.92 Å². The van der Waals surface area contributed by atoms with Gasteiger partial charge in [-0.15, -0.1) is 0 Å². The number of aryl methyl sites for hydroxylation is 1. The lowest BCUT2D eigenvalue weighted by Crippen LogP contribution is -2.15. The first-order valence-electron chi connectivity index (χ1n) is 7.19. The van der Waals surface area contributed by atoms with Crippen LogP contribution >= 0.6 is 11.6 Å². The van der Waals surface area contributed by atoms with Crippen LogP contribution < -0.4 is 0 Å². The van der Waals surface area contributed by atoms with Gasteiger partial charge in [0.25, 0.3) is 0 Å². The average molecular weight is 323 g/mol. The number of Topliss-reactive ketones (excluding diaryl/α,β-unsaturated/α-hetero) is 1. The van der Waals surface area contributed by atoms with Crippen molar-refractivity contribution in [3.63, 3.8) is 0 Å². The van der Waals surface area contributed by atoms with E-state index in [1.165, 1.54) is 0 Å². The van der Waals surface area contributed by atoms with Gasteiger partial charge in [-0.2, -0.15) is 10.5 Å². The summed E-state index contributed by atoms with van der Waals surface area (Å²) in [5.74, 6) is -1.44. The van der Waals surface area contributed by atoms with Crippen molar-refractivity contribution in [1.82, 2.24) is 0 Å². The second kappa shape index (κ2) is 7.58. The van der Waals surface area contributed by atoms with E-state index in [2.05, 4.69) is 0 Å². The number of nitriles is 2. The largest absolute Gasteiger partial charge is 0.294 e. The van der Waals surface area contributed by atoms with E-state index in [0.717, 1.165) is 11.1 Å². The Kier molecular flexibility index (Phi) is 5.52. The van der Waals surface area contributed by atoms with E-state index in [9.17, 15) is 15.3 Å². The van der Waals surface area contributed by atoms with Crippen LogP contribution in [0.25, 0.3) is 0 Å². The number of hydrogen-bond donors (Lipinski definition) is 0. The molecule has 0 amide bonds. The maximum absolute atomic E-state index is 12.5. The van der Waals surface area contributed by atoms with Gasteiger partial charge in [0.1, 0.15) is 5.92 Å². The Bertz CT molecular complexity index is 753. The maximum Gasteiger partial charge on any atom is 0.163 e. The van der Waals surface area contributed by atoms with Gasteiger partial charge >= 0.3 is 0 Å². The van der Waals surface area contributed by atoms with E-state index >= 15 is 0 Å². The van der Waals surface area contributed by atoms with E-state index in [1.807, 2.05) is 31.2 Å². The van der Waals surface area contributed by atoms with Crippen LogP contribution in [0.3, 0.4) is 0 Å². The summed E-state index contributed by atoms with van der Waals surface area (Å²) >= 11 is 5.88. The summed E-state index contributed by atoms with van der Waals surface area (Å²) in [6.45, 7) is 1.95. The van der Waals surface area contributed by atoms with Crippen LogP contribution in [0.1, 0.15) is 33.8 Å². The van der Waals surface area contributed by atoms with Crippen LogP contribution in [0.4, 0.5) is 0 Å². The van der Waals surface area contributed by atoms with Gasteiger partial charge in [-0.05, 0) is 24.6 Å². The lowest BCUT2D eigenvalue weighted by molar-refractivity contribution is 0.0971. The molecular formula is C19H15ClN2O. The number of ketones is 1. The van der Waals surface area contributed by atoms with Gasteiger partial charge in [0.15, 0.2) is 5.78 Å². The summed E-state index contributed by atoms with van der Waals surface area (Å²) in [5, 5.41) is 19.0. The van der Waals surface area contributed by atoms with Crippen LogP contribution in [0.5, 0.6) is 0 Å². The summed E-state index contributed by atoms with van der Waals surface area (Å²) in [6, 6.07) is 18.2. The molecule has 0 bridgehead atoms. The summed E-state index contributed by atoms with van der Waals surface area (Å²) in [5.41, 5.74) is 2.43. The molecule has 0 aliphatic heterocycles. The molecule has 0 saturated heterocycles. The Balaban J connectivity index is 2.29. The third kappa shape index (κ3) is 4.19. The van der Waals surface area contributed by atoms with E-state index in [-0.39, 0.29) is 12.2 Å². The maximum atomic E-state index is 12.5. The molecule has 0 aliphatic carbocycles. The van der Waals surface area contributed by atoms with Crippen molar-refractivity contribution in [3.05, 3.63) is 70.2 Å². The minimum Gasteiger partial charge on any atom is -0.294 e. The summed E-state index contributed by atoms with van der Waals surface area (Å²) in [4.78, 5) is 12.5. The highest BCUT2D eigenvalue weighted by Gasteiger charge is 2.26. The van der Waals surface area contributed by atoms with Gasteiger partial charge in [-0.25, -0.2) is 0 Å². The zero-order chi connectivity index (χ0) is 16.8. The minimum absolute atomic E-state index is 0.0829. The Morgan fingerprint density at radius 1 is 1.04 bits per heavy atom. The van der Waals surface area contributed by atoms with Crippen molar-refractivity contribution in [2.45, 2.75) is 19.3 Å². The molecule has 0 N–H and O–H groups in total. The molecule has 0 unspecified atom stereocenters. The molecular weight excluding hydrogens is 308 g/mol. The van der Waals surface area contributed by atoms with E-state index in [4.69, 9.17) is 11.6 Å².